The van der Waals surface area contributed by atoms with Crippen molar-refractivity contribution >= 4 is 39.5 Å². The van der Waals surface area contributed by atoms with Crippen LogP contribution in [0.4, 0.5) is 0 Å². The molecule has 0 fully saturated rings. The minimum Gasteiger partial charge on any atom is -0.482 e. The standard InChI is InChI=1S/C19H20BrNO7/c1-9-15(18(24)26-3)17(16(10(2)21-9)19(25)27-4)12-7-11(20)5-6-13(12)28-8-14(22)23/h5-7,15,17H,8H2,1-4H3,(H,22,23). The number of methoxy groups -OCH3 is 2. The number of carbonyl (C=O) groups excluding carboxylic acids is 2. The minimum absolute atomic E-state index is 0.182. The molecule has 0 bridgehead atoms. The summed E-state index contributed by atoms with van der Waals surface area (Å²) in [4.78, 5) is 40.4. The first-order valence-corrected chi connectivity index (χ1v) is 9.06. The minimum atomic E-state index is -1.15. The number of carboxylic acids is 1. The summed E-state index contributed by atoms with van der Waals surface area (Å²) in [5.74, 6) is -3.86. The van der Waals surface area contributed by atoms with Gasteiger partial charge in [-0.2, -0.15) is 0 Å². The molecule has 0 spiro atoms. The van der Waals surface area contributed by atoms with E-state index in [2.05, 4.69) is 20.9 Å². The van der Waals surface area contributed by atoms with Gasteiger partial charge < -0.3 is 19.3 Å². The predicted molar refractivity (Wildman–Crippen MR) is 103 cm³/mol. The van der Waals surface area contributed by atoms with E-state index in [1.165, 1.54) is 14.2 Å². The van der Waals surface area contributed by atoms with Crippen LogP contribution in [-0.2, 0) is 23.9 Å². The normalized spacial score (nSPS) is 19.0. The highest BCUT2D eigenvalue weighted by atomic mass is 79.9. The number of allylic oxidation sites excluding steroid dienone is 1. The average molecular weight is 454 g/mol. The van der Waals surface area contributed by atoms with E-state index < -0.39 is 36.4 Å². The van der Waals surface area contributed by atoms with Gasteiger partial charge in [0.2, 0.25) is 0 Å². The maximum absolute atomic E-state index is 12.6. The Balaban J connectivity index is 2.73. The third kappa shape index (κ3) is 4.41. The molecule has 28 heavy (non-hydrogen) atoms. The molecule has 1 heterocycles. The first kappa shape index (κ1) is 21.6. The van der Waals surface area contributed by atoms with Crippen molar-refractivity contribution in [3.63, 3.8) is 0 Å². The quantitative estimate of drug-likeness (QED) is 0.658. The van der Waals surface area contributed by atoms with Crippen molar-refractivity contribution < 1.29 is 33.7 Å². The molecule has 1 aliphatic heterocycles. The van der Waals surface area contributed by atoms with Gasteiger partial charge in [-0.05, 0) is 32.0 Å². The molecule has 0 amide bonds. The highest BCUT2D eigenvalue weighted by Gasteiger charge is 2.43. The van der Waals surface area contributed by atoms with E-state index >= 15 is 0 Å². The summed E-state index contributed by atoms with van der Waals surface area (Å²) in [6.45, 7) is 2.74. The fraction of sp³-hybridized carbons (Fsp3) is 0.368. The molecule has 2 atom stereocenters. The Labute approximate surface area is 170 Å². The van der Waals surface area contributed by atoms with E-state index in [1.54, 1.807) is 32.0 Å². The van der Waals surface area contributed by atoms with Gasteiger partial charge in [0.1, 0.15) is 11.7 Å². The van der Waals surface area contributed by atoms with Gasteiger partial charge in [-0.1, -0.05) is 15.9 Å². The molecule has 1 N–H and O–H groups in total. The molecule has 0 aromatic heterocycles. The lowest BCUT2D eigenvalue weighted by Crippen LogP contribution is -2.36. The number of benzene rings is 1. The van der Waals surface area contributed by atoms with E-state index in [0.717, 1.165) is 0 Å². The number of aliphatic imine (C=N–C) groups is 1. The highest BCUT2D eigenvalue weighted by molar-refractivity contribution is 9.10. The number of aliphatic carboxylic acids is 1. The van der Waals surface area contributed by atoms with Gasteiger partial charge in [-0.3, -0.25) is 9.79 Å². The largest absolute Gasteiger partial charge is 0.482 e. The van der Waals surface area contributed by atoms with Crippen molar-refractivity contribution in [3.05, 3.63) is 39.5 Å². The Morgan fingerprint density at radius 2 is 1.86 bits per heavy atom. The number of esters is 2. The van der Waals surface area contributed by atoms with Crippen molar-refractivity contribution in [2.75, 3.05) is 20.8 Å². The van der Waals surface area contributed by atoms with Crippen molar-refractivity contribution in [2.45, 2.75) is 19.8 Å². The van der Waals surface area contributed by atoms with Crippen LogP contribution in [0.3, 0.4) is 0 Å². The topological polar surface area (TPSA) is 111 Å². The van der Waals surface area contributed by atoms with Gasteiger partial charge in [0, 0.05) is 27.4 Å². The Kier molecular flexibility index (Phi) is 6.95. The van der Waals surface area contributed by atoms with Gasteiger partial charge in [-0.15, -0.1) is 0 Å². The fourth-order valence-electron chi connectivity index (χ4n) is 3.21. The lowest BCUT2D eigenvalue weighted by atomic mass is 9.75. The molecule has 0 radical (unpaired) electrons. The zero-order chi connectivity index (χ0) is 21.0. The number of halogens is 1. The summed E-state index contributed by atoms with van der Waals surface area (Å²) in [7, 11) is 2.49. The third-order valence-corrected chi connectivity index (χ3v) is 4.84. The molecule has 0 saturated heterocycles. The van der Waals surface area contributed by atoms with Crippen LogP contribution in [0.1, 0.15) is 25.3 Å². The number of hydrogen-bond acceptors (Lipinski definition) is 7. The molecule has 0 aliphatic carbocycles. The SMILES string of the molecule is COC(=O)C1=C(C)N=C(C)C(C(=O)OC)C1c1cc(Br)ccc1OCC(=O)O. The molecular weight excluding hydrogens is 434 g/mol. The van der Waals surface area contributed by atoms with Gasteiger partial charge in [0.25, 0.3) is 0 Å². The van der Waals surface area contributed by atoms with Crippen LogP contribution in [0.15, 0.2) is 38.9 Å². The Hall–Kier alpha value is -2.68. The summed E-state index contributed by atoms with van der Waals surface area (Å²) in [6, 6.07) is 4.92. The summed E-state index contributed by atoms with van der Waals surface area (Å²) in [6.07, 6.45) is 0. The van der Waals surface area contributed by atoms with Gasteiger partial charge in [-0.25, -0.2) is 9.59 Å². The van der Waals surface area contributed by atoms with Crippen LogP contribution in [0.5, 0.6) is 5.75 Å². The van der Waals surface area contributed by atoms with Crippen LogP contribution >= 0.6 is 15.9 Å². The second-order valence-electron chi connectivity index (χ2n) is 6.09. The zero-order valence-electron chi connectivity index (χ0n) is 15.8. The summed E-state index contributed by atoms with van der Waals surface area (Å²) in [5.41, 5.74) is 1.49. The second-order valence-corrected chi connectivity index (χ2v) is 7.00. The molecule has 9 heteroatoms. The third-order valence-electron chi connectivity index (χ3n) is 4.35. The maximum atomic E-state index is 12.6. The van der Waals surface area contributed by atoms with E-state index in [9.17, 15) is 14.4 Å². The second kappa shape index (κ2) is 9.01. The van der Waals surface area contributed by atoms with Crippen molar-refractivity contribution in [3.8, 4) is 5.75 Å². The number of nitrogens with zero attached hydrogens (tertiary/aromatic N) is 1. The predicted octanol–water partition coefficient (Wildman–Crippen LogP) is 2.71. The van der Waals surface area contributed by atoms with Gasteiger partial charge >= 0.3 is 17.9 Å². The van der Waals surface area contributed by atoms with Crippen molar-refractivity contribution in [1.29, 1.82) is 0 Å². The van der Waals surface area contributed by atoms with Crippen molar-refractivity contribution in [1.82, 2.24) is 0 Å². The number of ether oxygens (including phenoxy) is 3. The van der Waals surface area contributed by atoms with E-state index in [4.69, 9.17) is 19.3 Å². The summed E-state index contributed by atoms with van der Waals surface area (Å²) >= 11 is 3.37. The Bertz CT molecular complexity index is 875. The number of carbonyl (C=O) groups is 3. The van der Waals surface area contributed by atoms with Crippen LogP contribution in [0.2, 0.25) is 0 Å². The lowest BCUT2D eigenvalue weighted by Gasteiger charge is -2.32. The first-order valence-electron chi connectivity index (χ1n) is 8.27. The van der Waals surface area contributed by atoms with Gasteiger partial charge in [0.15, 0.2) is 6.61 Å². The zero-order valence-corrected chi connectivity index (χ0v) is 17.4. The summed E-state index contributed by atoms with van der Waals surface area (Å²) in [5, 5.41) is 8.96. The highest BCUT2D eigenvalue weighted by Crippen LogP contribution is 2.44. The lowest BCUT2D eigenvalue weighted by molar-refractivity contribution is -0.144. The first-order chi connectivity index (χ1) is 13.2. The van der Waals surface area contributed by atoms with E-state index in [0.29, 0.717) is 21.4 Å². The van der Waals surface area contributed by atoms with Crippen LogP contribution in [-0.4, -0.2) is 49.6 Å². The van der Waals surface area contributed by atoms with Gasteiger partial charge in [0.05, 0.1) is 19.8 Å². The van der Waals surface area contributed by atoms with Crippen LogP contribution < -0.4 is 4.74 Å². The van der Waals surface area contributed by atoms with E-state index in [1.807, 2.05) is 0 Å². The molecule has 1 aliphatic rings. The monoisotopic (exact) mass is 453 g/mol. The van der Waals surface area contributed by atoms with E-state index in [-0.39, 0.29) is 11.3 Å². The molecule has 150 valence electrons. The van der Waals surface area contributed by atoms with Crippen LogP contribution in [0.25, 0.3) is 0 Å². The number of hydrogen-bond donors (Lipinski definition) is 1. The number of carboxylic acid groups (broad SMARTS) is 1. The smallest absolute Gasteiger partial charge is 0.341 e. The molecule has 8 nitrogen and oxygen atoms in total. The summed E-state index contributed by atoms with van der Waals surface area (Å²) < 4.78 is 15.9. The molecule has 2 unspecified atom stereocenters. The van der Waals surface area contributed by atoms with Crippen LogP contribution in [0, 0.1) is 5.92 Å². The molecule has 0 saturated carbocycles. The molecule has 2 rings (SSSR count). The average Bonchev–Trinajstić information content (AvgIpc) is 2.65. The van der Waals surface area contributed by atoms with Crippen molar-refractivity contribution in [2.24, 2.45) is 10.9 Å². The molecule has 1 aromatic carbocycles. The number of rotatable bonds is 6. The maximum Gasteiger partial charge on any atom is 0.341 e. The Morgan fingerprint density at radius 3 is 2.43 bits per heavy atom. The molecule has 1 aromatic rings. The fourth-order valence-corrected chi connectivity index (χ4v) is 3.59. The Morgan fingerprint density at radius 1 is 1.18 bits per heavy atom. The molecular formula is C19H20BrNO7.